The Balaban J connectivity index is 3.05. The van der Waals surface area contributed by atoms with Crippen LogP contribution < -0.4 is 11.1 Å². The minimum Gasteiger partial charge on any atom is -0.409 e. The maximum atomic E-state index is 8.30. The summed E-state index contributed by atoms with van der Waals surface area (Å²) >= 11 is 0. The third kappa shape index (κ3) is 11.2. The van der Waals surface area contributed by atoms with Crippen molar-refractivity contribution in [2.75, 3.05) is 13.1 Å². The Morgan fingerprint density at radius 3 is 2.53 bits per heavy atom. The highest BCUT2D eigenvalue weighted by Gasteiger charge is 1.95. The molecule has 4 heteroatoms. The summed E-state index contributed by atoms with van der Waals surface area (Å²) in [6.07, 6.45) is 5.44. The van der Waals surface area contributed by atoms with Crippen LogP contribution in [0.4, 0.5) is 0 Å². The van der Waals surface area contributed by atoms with Gasteiger partial charge in [-0.25, -0.2) is 0 Å². The molecule has 0 heterocycles. The number of hydrogen-bond acceptors (Lipinski definition) is 3. The summed E-state index contributed by atoms with van der Waals surface area (Å²) in [7, 11) is 0. The standard InChI is InChI=1S/C11H25N3O/c1-10(2)6-3-4-8-13-9-5-7-11(12)14-15/h10,13,15H,3-9H2,1-2H3,(H2,12,14). The smallest absolute Gasteiger partial charge is 0.139 e. The molecule has 0 aromatic carbocycles. The van der Waals surface area contributed by atoms with Gasteiger partial charge in [-0.05, 0) is 31.8 Å². The van der Waals surface area contributed by atoms with E-state index in [1.807, 2.05) is 0 Å². The second kappa shape index (κ2) is 9.77. The van der Waals surface area contributed by atoms with Crippen molar-refractivity contribution in [1.82, 2.24) is 5.32 Å². The molecule has 0 aliphatic heterocycles. The van der Waals surface area contributed by atoms with Crippen molar-refractivity contribution >= 4 is 5.84 Å². The highest BCUT2D eigenvalue weighted by atomic mass is 16.4. The number of nitrogens with zero attached hydrogens (tertiary/aromatic N) is 1. The zero-order valence-corrected chi connectivity index (χ0v) is 10.00. The Morgan fingerprint density at radius 1 is 1.27 bits per heavy atom. The van der Waals surface area contributed by atoms with E-state index >= 15 is 0 Å². The average molecular weight is 215 g/mol. The normalized spacial score (nSPS) is 12.3. The second-order valence-corrected chi connectivity index (χ2v) is 4.33. The highest BCUT2D eigenvalue weighted by Crippen LogP contribution is 2.04. The molecule has 0 saturated carbocycles. The van der Waals surface area contributed by atoms with E-state index in [0.29, 0.717) is 12.3 Å². The summed E-state index contributed by atoms with van der Waals surface area (Å²) in [5.74, 6) is 1.13. The van der Waals surface area contributed by atoms with Crippen molar-refractivity contribution < 1.29 is 5.21 Å². The van der Waals surface area contributed by atoms with Crippen LogP contribution in [0.3, 0.4) is 0 Å². The molecule has 0 amide bonds. The van der Waals surface area contributed by atoms with Crippen LogP contribution in [-0.4, -0.2) is 24.1 Å². The predicted octanol–water partition coefficient (Wildman–Crippen LogP) is 1.93. The van der Waals surface area contributed by atoms with E-state index in [0.717, 1.165) is 25.4 Å². The maximum Gasteiger partial charge on any atom is 0.139 e. The van der Waals surface area contributed by atoms with Gasteiger partial charge in [0.2, 0.25) is 0 Å². The molecule has 90 valence electrons. The van der Waals surface area contributed by atoms with Crippen molar-refractivity contribution in [3.8, 4) is 0 Å². The van der Waals surface area contributed by atoms with Gasteiger partial charge in [-0.1, -0.05) is 31.8 Å². The first kappa shape index (κ1) is 14.2. The number of unbranched alkanes of at least 4 members (excludes halogenated alkanes) is 1. The van der Waals surface area contributed by atoms with Gasteiger partial charge in [-0.15, -0.1) is 0 Å². The largest absolute Gasteiger partial charge is 0.409 e. The molecular formula is C11H25N3O. The second-order valence-electron chi connectivity index (χ2n) is 4.33. The van der Waals surface area contributed by atoms with Crippen molar-refractivity contribution in [3.05, 3.63) is 0 Å². The number of hydrogen-bond donors (Lipinski definition) is 3. The number of nitrogens with two attached hydrogens (primary N) is 1. The number of nitrogens with one attached hydrogen (secondary N) is 1. The summed E-state index contributed by atoms with van der Waals surface area (Å²) < 4.78 is 0. The molecule has 0 rings (SSSR count). The van der Waals surface area contributed by atoms with Crippen LogP contribution in [0.1, 0.15) is 46.0 Å². The van der Waals surface area contributed by atoms with Crippen LogP contribution in [0, 0.1) is 5.92 Å². The van der Waals surface area contributed by atoms with E-state index in [9.17, 15) is 0 Å². The molecule has 0 saturated heterocycles. The minimum absolute atomic E-state index is 0.316. The van der Waals surface area contributed by atoms with Gasteiger partial charge in [0, 0.05) is 6.42 Å². The quantitative estimate of drug-likeness (QED) is 0.181. The van der Waals surface area contributed by atoms with Crippen molar-refractivity contribution in [3.63, 3.8) is 0 Å². The first-order valence-electron chi connectivity index (χ1n) is 5.84. The van der Waals surface area contributed by atoms with Gasteiger partial charge in [-0.2, -0.15) is 0 Å². The third-order valence-electron chi connectivity index (χ3n) is 2.30. The summed E-state index contributed by atoms with van der Waals surface area (Å²) in [6, 6.07) is 0. The molecule has 0 fully saturated rings. The highest BCUT2D eigenvalue weighted by molar-refractivity contribution is 5.79. The summed E-state index contributed by atoms with van der Waals surface area (Å²) in [5, 5.41) is 14.6. The van der Waals surface area contributed by atoms with Gasteiger partial charge in [0.05, 0.1) is 0 Å². The molecule has 15 heavy (non-hydrogen) atoms. The fraction of sp³-hybridized carbons (Fsp3) is 0.909. The molecule has 0 aromatic rings. The lowest BCUT2D eigenvalue weighted by Crippen LogP contribution is -2.19. The van der Waals surface area contributed by atoms with E-state index in [-0.39, 0.29) is 0 Å². The molecule has 0 aromatic heterocycles. The molecule has 0 spiro atoms. The van der Waals surface area contributed by atoms with Crippen molar-refractivity contribution in [2.45, 2.75) is 46.0 Å². The molecular weight excluding hydrogens is 190 g/mol. The van der Waals surface area contributed by atoms with Crippen LogP contribution in [0.25, 0.3) is 0 Å². The number of amidine groups is 1. The molecule has 0 radical (unpaired) electrons. The van der Waals surface area contributed by atoms with E-state index in [4.69, 9.17) is 10.9 Å². The number of oxime groups is 1. The summed E-state index contributed by atoms with van der Waals surface area (Å²) in [5.41, 5.74) is 5.34. The molecule has 0 atom stereocenters. The SMILES string of the molecule is CC(C)CCCCNCCCC(N)=NO. The summed E-state index contributed by atoms with van der Waals surface area (Å²) in [4.78, 5) is 0. The first-order chi connectivity index (χ1) is 7.16. The Kier molecular flexibility index (Phi) is 9.27. The molecule has 4 N–H and O–H groups in total. The first-order valence-corrected chi connectivity index (χ1v) is 5.84. The monoisotopic (exact) mass is 215 g/mol. The van der Waals surface area contributed by atoms with Crippen LogP contribution in [0.5, 0.6) is 0 Å². The lowest BCUT2D eigenvalue weighted by Gasteiger charge is -2.05. The van der Waals surface area contributed by atoms with Gasteiger partial charge < -0.3 is 16.3 Å². The van der Waals surface area contributed by atoms with Gasteiger partial charge in [0.1, 0.15) is 5.84 Å². The minimum atomic E-state index is 0.316. The van der Waals surface area contributed by atoms with Crippen LogP contribution >= 0.6 is 0 Å². The molecule has 4 nitrogen and oxygen atoms in total. The molecule has 0 unspecified atom stereocenters. The van der Waals surface area contributed by atoms with Crippen LogP contribution in [0.2, 0.25) is 0 Å². The Morgan fingerprint density at radius 2 is 1.93 bits per heavy atom. The van der Waals surface area contributed by atoms with Crippen LogP contribution in [-0.2, 0) is 0 Å². The predicted molar refractivity (Wildman–Crippen MR) is 64.2 cm³/mol. The molecule has 0 aliphatic rings. The van der Waals surface area contributed by atoms with E-state index in [1.165, 1.54) is 19.3 Å². The van der Waals surface area contributed by atoms with Crippen molar-refractivity contribution in [1.29, 1.82) is 0 Å². The fourth-order valence-electron chi connectivity index (χ4n) is 1.37. The van der Waals surface area contributed by atoms with E-state index in [2.05, 4.69) is 24.3 Å². The van der Waals surface area contributed by atoms with E-state index < -0.39 is 0 Å². The summed E-state index contributed by atoms with van der Waals surface area (Å²) in [6.45, 7) is 6.52. The van der Waals surface area contributed by atoms with Gasteiger partial charge in [-0.3, -0.25) is 0 Å². The van der Waals surface area contributed by atoms with Crippen molar-refractivity contribution in [2.24, 2.45) is 16.8 Å². The lowest BCUT2D eigenvalue weighted by atomic mass is 10.1. The lowest BCUT2D eigenvalue weighted by molar-refractivity contribution is 0.316. The average Bonchev–Trinajstić information content (AvgIpc) is 2.21. The fourth-order valence-corrected chi connectivity index (χ4v) is 1.37. The Hall–Kier alpha value is -0.770. The van der Waals surface area contributed by atoms with Gasteiger partial charge in [0.15, 0.2) is 0 Å². The zero-order valence-electron chi connectivity index (χ0n) is 10.00. The van der Waals surface area contributed by atoms with Gasteiger partial charge >= 0.3 is 0 Å². The topological polar surface area (TPSA) is 70.6 Å². The van der Waals surface area contributed by atoms with Gasteiger partial charge in [0.25, 0.3) is 0 Å². The van der Waals surface area contributed by atoms with Crippen LogP contribution in [0.15, 0.2) is 5.16 Å². The third-order valence-corrected chi connectivity index (χ3v) is 2.30. The number of rotatable bonds is 9. The maximum absolute atomic E-state index is 8.30. The molecule has 0 aliphatic carbocycles. The van der Waals surface area contributed by atoms with E-state index in [1.54, 1.807) is 0 Å². The molecule has 0 bridgehead atoms. The Labute approximate surface area is 92.9 Å². The zero-order chi connectivity index (χ0) is 11.5. The Bertz CT molecular complexity index is 169.